The van der Waals surface area contributed by atoms with Gasteiger partial charge in [-0.25, -0.2) is 0 Å². The number of thioether (sulfide) groups is 1. The Morgan fingerprint density at radius 2 is 1.93 bits per heavy atom. The fraction of sp³-hybridized carbons (Fsp3) is 0.400. The van der Waals surface area contributed by atoms with Crippen LogP contribution in [0, 0.1) is 20.8 Å². The first kappa shape index (κ1) is 20.3. The Morgan fingerprint density at radius 3 is 2.64 bits per heavy atom. The lowest BCUT2D eigenvalue weighted by Gasteiger charge is -2.09. The van der Waals surface area contributed by atoms with Crippen molar-refractivity contribution in [2.45, 2.75) is 38.9 Å². The van der Waals surface area contributed by atoms with Gasteiger partial charge in [0.2, 0.25) is 5.16 Å². The van der Waals surface area contributed by atoms with E-state index in [0.717, 1.165) is 35.6 Å². The third-order valence-corrected chi connectivity index (χ3v) is 5.58. The summed E-state index contributed by atoms with van der Waals surface area (Å²) in [5.74, 6) is 0.365. The highest BCUT2D eigenvalue weighted by Gasteiger charge is 2.18. The SMILES string of the molecule is COCCCn1c(C)cc(C(=O)CSc2nnnn2-c2ccc(C)cc2)c1C. The molecule has 0 atom stereocenters. The van der Waals surface area contributed by atoms with Crippen LogP contribution in [0.25, 0.3) is 5.69 Å². The summed E-state index contributed by atoms with van der Waals surface area (Å²) in [5, 5.41) is 12.5. The van der Waals surface area contributed by atoms with Gasteiger partial charge in [0, 0.05) is 37.2 Å². The topological polar surface area (TPSA) is 74.8 Å². The van der Waals surface area contributed by atoms with Gasteiger partial charge in [-0.1, -0.05) is 29.5 Å². The van der Waals surface area contributed by atoms with Gasteiger partial charge in [0.05, 0.1) is 11.4 Å². The predicted octanol–water partition coefficient (Wildman–Crippen LogP) is 3.40. The zero-order valence-electron chi connectivity index (χ0n) is 16.7. The molecule has 0 amide bonds. The van der Waals surface area contributed by atoms with E-state index in [2.05, 4.69) is 20.1 Å². The molecule has 148 valence electrons. The van der Waals surface area contributed by atoms with Gasteiger partial charge in [-0.15, -0.1) is 5.10 Å². The summed E-state index contributed by atoms with van der Waals surface area (Å²) in [6.07, 6.45) is 0.917. The van der Waals surface area contributed by atoms with Crippen molar-refractivity contribution in [2.24, 2.45) is 0 Å². The quantitative estimate of drug-likeness (QED) is 0.312. The van der Waals surface area contributed by atoms with Gasteiger partial charge in [0.1, 0.15) is 0 Å². The summed E-state index contributed by atoms with van der Waals surface area (Å²) < 4.78 is 8.96. The maximum Gasteiger partial charge on any atom is 0.214 e. The van der Waals surface area contributed by atoms with Gasteiger partial charge in [-0.3, -0.25) is 4.79 Å². The fourth-order valence-electron chi connectivity index (χ4n) is 3.12. The summed E-state index contributed by atoms with van der Waals surface area (Å²) in [6.45, 7) is 7.61. The monoisotopic (exact) mass is 399 g/mol. The Balaban J connectivity index is 1.69. The Kier molecular flexibility index (Phi) is 6.64. The predicted molar refractivity (Wildman–Crippen MR) is 109 cm³/mol. The van der Waals surface area contributed by atoms with Crippen LogP contribution in [0.3, 0.4) is 0 Å². The molecule has 2 heterocycles. The highest BCUT2D eigenvalue weighted by molar-refractivity contribution is 7.99. The molecule has 1 aromatic carbocycles. The number of ether oxygens (including phenoxy) is 1. The second-order valence-electron chi connectivity index (χ2n) is 6.70. The minimum absolute atomic E-state index is 0.0783. The van der Waals surface area contributed by atoms with E-state index in [4.69, 9.17) is 4.74 Å². The van der Waals surface area contributed by atoms with Crippen molar-refractivity contribution in [2.75, 3.05) is 19.5 Å². The molecule has 0 aliphatic rings. The molecule has 0 N–H and O–H groups in total. The van der Waals surface area contributed by atoms with Crippen molar-refractivity contribution < 1.29 is 9.53 Å². The zero-order chi connectivity index (χ0) is 20.1. The molecule has 28 heavy (non-hydrogen) atoms. The lowest BCUT2D eigenvalue weighted by molar-refractivity contribution is 0.102. The summed E-state index contributed by atoms with van der Waals surface area (Å²) in [7, 11) is 1.70. The van der Waals surface area contributed by atoms with E-state index in [1.54, 1.807) is 11.8 Å². The largest absolute Gasteiger partial charge is 0.385 e. The maximum absolute atomic E-state index is 12.8. The molecule has 0 bridgehead atoms. The third kappa shape index (κ3) is 4.51. The number of nitrogens with zero attached hydrogens (tertiary/aromatic N) is 5. The minimum Gasteiger partial charge on any atom is -0.385 e. The first-order valence-electron chi connectivity index (χ1n) is 9.18. The number of Topliss-reactive ketones (excluding diaryl/α,β-unsaturated/α-hetero) is 1. The van der Waals surface area contributed by atoms with Crippen molar-refractivity contribution >= 4 is 17.5 Å². The normalized spacial score (nSPS) is 11.1. The van der Waals surface area contributed by atoms with E-state index in [1.807, 2.05) is 51.1 Å². The first-order valence-corrected chi connectivity index (χ1v) is 10.2. The van der Waals surface area contributed by atoms with Crippen molar-refractivity contribution in [3.05, 3.63) is 52.8 Å². The van der Waals surface area contributed by atoms with Gasteiger partial charge in [-0.05, 0) is 55.8 Å². The molecule has 0 saturated carbocycles. The van der Waals surface area contributed by atoms with Gasteiger partial charge in [0.15, 0.2) is 5.78 Å². The average molecular weight is 400 g/mol. The smallest absolute Gasteiger partial charge is 0.214 e. The molecule has 0 radical (unpaired) electrons. The molecule has 3 aromatic rings. The van der Waals surface area contributed by atoms with Gasteiger partial charge >= 0.3 is 0 Å². The number of ketones is 1. The van der Waals surface area contributed by atoms with Crippen molar-refractivity contribution in [3.63, 3.8) is 0 Å². The van der Waals surface area contributed by atoms with Crippen LogP contribution in [0.5, 0.6) is 0 Å². The number of rotatable bonds is 9. The molecule has 0 unspecified atom stereocenters. The molecule has 0 saturated heterocycles. The summed E-state index contributed by atoms with van der Waals surface area (Å²) in [4.78, 5) is 12.8. The van der Waals surface area contributed by atoms with E-state index in [9.17, 15) is 4.79 Å². The second-order valence-corrected chi connectivity index (χ2v) is 7.65. The van der Waals surface area contributed by atoms with Crippen LogP contribution >= 0.6 is 11.8 Å². The number of benzene rings is 1. The Hall–Kier alpha value is -2.45. The van der Waals surface area contributed by atoms with Crippen molar-refractivity contribution in [1.82, 2.24) is 24.8 Å². The van der Waals surface area contributed by atoms with E-state index in [1.165, 1.54) is 17.3 Å². The van der Waals surface area contributed by atoms with Crippen molar-refractivity contribution in [3.8, 4) is 5.69 Å². The third-order valence-electron chi connectivity index (χ3n) is 4.66. The van der Waals surface area contributed by atoms with Gasteiger partial charge < -0.3 is 9.30 Å². The zero-order valence-corrected chi connectivity index (χ0v) is 17.5. The standard InChI is InChI=1S/C20H25N5O2S/c1-14-6-8-17(9-7-14)25-20(21-22-23-25)28-13-19(26)18-12-15(2)24(16(18)3)10-5-11-27-4/h6-9,12H,5,10-11,13H2,1-4H3. The number of methoxy groups -OCH3 is 1. The van der Waals surface area contributed by atoms with Gasteiger partial charge in [0.25, 0.3) is 0 Å². The Bertz CT molecular complexity index is 946. The Labute approximate surface area is 169 Å². The molecule has 0 spiro atoms. The van der Waals surface area contributed by atoms with Crippen LogP contribution in [0.2, 0.25) is 0 Å². The molecule has 7 nitrogen and oxygen atoms in total. The van der Waals surface area contributed by atoms with Crippen LogP contribution in [0.15, 0.2) is 35.5 Å². The fourth-order valence-corrected chi connectivity index (χ4v) is 3.89. The number of aryl methyl sites for hydroxylation is 2. The average Bonchev–Trinajstić information content (AvgIpc) is 3.26. The van der Waals surface area contributed by atoms with E-state index in [-0.39, 0.29) is 11.5 Å². The minimum atomic E-state index is 0.0783. The lowest BCUT2D eigenvalue weighted by Crippen LogP contribution is -2.08. The number of tetrazole rings is 1. The van der Waals surface area contributed by atoms with E-state index < -0.39 is 0 Å². The Morgan fingerprint density at radius 1 is 1.18 bits per heavy atom. The molecule has 0 aliphatic heterocycles. The summed E-state index contributed by atoms with van der Waals surface area (Å²) in [6, 6.07) is 9.91. The molecular weight excluding hydrogens is 374 g/mol. The molecule has 0 fully saturated rings. The van der Waals surface area contributed by atoms with E-state index >= 15 is 0 Å². The van der Waals surface area contributed by atoms with Crippen LogP contribution < -0.4 is 0 Å². The van der Waals surface area contributed by atoms with Crippen LogP contribution in [-0.2, 0) is 11.3 Å². The van der Waals surface area contributed by atoms with Crippen LogP contribution in [-0.4, -0.2) is 50.0 Å². The molecular formula is C20H25N5O2S. The molecule has 8 heteroatoms. The van der Waals surface area contributed by atoms with Crippen LogP contribution in [0.1, 0.15) is 33.7 Å². The molecule has 2 aromatic heterocycles. The molecule has 3 rings (SSSR count). The highest BCUT2D eigenvalue weighted by Crippen LogP contribution is 2.22. The second kappa shape index (κ2) is 9.16. The lowest BCUT2D eigenvalue weighted by atomic mass is 10.2. The maximum atomic E-state index is 12.8. The van der Waals surface area contributed by atoms with E-state index in [0.29, 0.717) is 11.8 Å². The number of aromatic nitrogens is 5. The number of hydrogen-bond donors (Lipinski definition) is 0. The number of carbonyl (C=O) groups excluding carboxylic acids is 1. The van der Waals surface area contributed by atoms with Crippen molar-refractivity contribution in [1.29, 1.82) is 0 Å². The first-order chi connectivity index (χ1) is 13.5. The molecule has 0 aliphatic carbocycles. The highest BCUT2D eigenvalue weighted by atomic mass is 32.2. The summed E-state index contributed by atoms with van der Waals surface area (Å²) >= 11 is 1.35. The number of hydrogen-bond acceptors (Lipinski definition) is 6. The number of carbonyl (C=O) groups is 1. The van der Waals surface area contributed by atoms with Gasteiger partial charge in [-0.2, -0.15) is 4.68 Å². The van der Waals surface area contributed by atoms with Crippen LogP contribution in [0.4, 0.5) is 0 Å². The summed E-state index contributed by atoms with van der Waals surface area (Å²) in [5.41, 5.74) is 4.89.